The second-order valence-electron chi connectivity index (χ2n) is 8.10. The molecule has 4 heterocycles. The minimum absolute atomic E-state index is 0.115. The Morgan fingerprint density at radius 1 is 1.24 bits per heavy atom. The minimum Gasteiger partial charge on any atom is -0.338 e. The van der Waals surface area contributed by atoms with Gasteiger partial charge in [0.25, 0.3) is 0 Å². The molecule has 0 saturated heterocycles. The molecule has 0 spiro atoms. The van der Waals surface area contributed by atoms with Crippen LogP contribution in [0.5, 0.6) is 0 Å². The number of H-pyrrole nitrogens is 1. The maximum absolute atomic E-state index is 12.5. The Morgan fingerprint density at radius 2 is 2.10 bits per heavy atom. The van der Waals surface area contributed by atoms with Gasteiger partial charge in [0.2, 0.25) is 0 Å². The van der Waals surface area contributed by atoms with E-state index in [2.05, 4.69) is 56.2 Å². The molecular formula is C20H24N8O. The minimum atomic E-state index is -0.118. The summed E-state index contributed by atoms with van der Waals surface area (Å²) in [6.07, 6.45) is 5.82. The molecule has 3 aromatic rings. The fourth-order valence-corrected chi connectivity index (χ4v) is 3.09. The van der Waals surface area contributed by atoms with Crippen LogP contribution in [0.3, 0.4) is 0 Å². The van der Waals surface area contributed by atoms with Crippen molar-refractivity contribution in [1.29, 1.82) is 0 Å². The number of fused-ring (bicyclic) bond motifs is 1. The number of nitrogens with one attached hydrogen (secondary N) is 2. The quantitative estimate of drug-likeness (QED) is 0.704. The SMILES string of the molecule is CC(C)(C)c1ncc2c(n1)CN(C(=O)NCCc1nc(-c3cccnc3)n[nH]1)C2. The highest BCUT2D eigenvalue weighted by atomic mass is 16.2. The number of urea groups is 1. The molecule has 0 atom stereocenters. The lowest BCUT2D eigenvalue weighted by Crippen LogP contribution is -2.37. The standard InChI is InChI=1S/C20H24N8O/c1-20(2,3)18-23-10-14-11-28(12-15(14)24-18)19(29)22-8-6-16-25-17(27-26-16)13-5-4-7-21-9-13/h4-5,7,9-10H,6,8,11-12H2,1-3H3,(H,22,29)(H,25,26,27). The molecule has 9 nitrogen and oxygen atoms in total. The molecule has 0 aliphatic carbocycles. The van der Waals surface area contributed by atoms with Crippen molar-refractivity contribution in [2.75, 3.05) is 6.54 Å². The van der Waals surface area contributed by atoms with Gasteiger partial charge >= 0.3 is 6.03 Å². The van der Waals surface area contributed by atoms with Crippen LogP contribution in [0.2, 0.25) is 0 Å². The summed E-state index contributed by atoms with van der Waals surface area (Å²) in [5.74, 6) is 2.12. The zero-order chi connectivity index (χ0) is 20.4. The highest BCUT2D eigenvalue weighted by Gasteiger charge is 2.27. The fraction of sp³-hybridized carbons (Fsp3) is 0.400. The molecule has 0 bridgehead atoms. The van der Waals surface area contributed by atoms with Crippen molar-refractivity contribution in [2.45, 2.75) is 45.7 Å². The van der Waals surface area contributed by atoms with Crippen LogP contribution in [0.15, 0.2) is 30.7 Å². The van der Waals surface area contributed by atoms with Gasteiger partial charge in [0, 0.05) is 48.1 Å². The van der Waals surface area contributed by atoms with Crippen LogP contribution in [-0.2, 0) is 24.9 Å². The highest BCUT2D eigenvalue weighted by molar-refractivity contribution is 5.74. The van der Waals surface area contributed by atoms with Crippen LogP contribution in [0.1, 0.15) is 43.7 Å². The smallest absolute Gasteiger partial charge is 0.318 e. The Hall–Kier alpha value is -3.36. The van der Waals surface area contributed by atoms with Crippen molar-refractivity contribution in [3.05, 3.63) is 53.6 Å². The first-order valence-corrected chi connectivity index (χ1v) is 9.60. The lowest BCUT2D eigenvalue weighted by molar-refractivity contribution is 0.198. The fourth-order valence-electron chi connectivity index (χ4n) is 3.09. The molecule has 1 aliphatic heterocycles. The van der Waals surface area contributed by atoms with Crippen LogP contribution < -0.4 is 5.32 Å². The normalized spacial score (nSPS) is 13.4. The number of rotatable bonds is 4. The molecule has 0 radical (unpaired) electrons. The summed E-state index contributed by atoms with van der Waals surface area (Å²) >= 11 is 0. The average molecular weight is 392 g/mol. The molecular weight excluding hydrogens is 368 g/mol. The van der Waals surface area contributed by atoms with E-state index >= 15 is 0 Å². The zero-order valence-electron chi connectivity index (χ0n) is 16.8. The van der Waals surface area contributed by atoms with Gasteiger partial charge in [0.05, 0.1) is 18.8 Å². The van der Waals surface area contributed by atoms with Gasteiger partial charge in [-0.3, -0.25) is 10.1 Å². The van der Waals surface area contributed by atoms with Gasteiger partial charge < -0.3 is 10.2 Å². The molecule has 2 N–H and O–H groups in total. The lowest BCUT2D eigenvalue weighted by atomic mass is 9.95. The van der Waals surface area contributed by atoms with Gasteiger partial charge in [0.1, 0.15) is 11.6 Å². The number of nitrogens with zero attached hydrogens (tertiary/aromatic N) is 6. The van der Waals surface area contributed by atoms with Crippen LogP contribution in [-0.4, -0.2) is 47.6 Å². The van der Waals surface area contributed by atoms with E-state index in [0.29, 0.717) is 31.9 Å². The van der Waals surface area contributed by atoms with E-state index in [1.54, 1.807) is 17.3 Å². The van der Waals surface area contributed by atoms with Crippen LogP contribution in [0, 0.1) is 0 Å². The molecule has 4 rings (SSSR count). The topological polar surface area (TPSA) is 113 Å². The van der Waals surface area contributed by atoms with E-state index in [1.165, 1.54) is 0 Å². The Balaban J connectivity index is 1.30. The van der Waals surface area contributed by atoms with Crippen molar-refractivity contribution in [3.63, 3.8) is 0 Å². The number of pyridine rings is 1. The molecule has 0 aromatic carbocycles. The summed E-state index contributed by atoms with van der Waals surface area (Å²) in [6.45, 7) is 7.73. The Morgan fingerprint density at radius 3 is 2.86 bits per heavy atom. The number of hydrogen-bond acceptors (Lipinski definition) is 6. The number of aromatic nitrogens is 6. The lowest BCUT2D eigenvalue weighted by Gasteiger charge is -2.16. The number of carbonyl (C=O) groups excluding carboxylic acids is 1. The van der Waals surface area contributed by atoms with Crippen molar-refractivity contribution < 1.29 is 4.79 Å². The van der Waals surface area contributed by atoms with Crippen molar-refractivity contribution in [3.8, 4) is 11.4 Å². The molecule has 0 fully saturated rings. The maximum Gasteiger partial charge on any atom is 0.318 e. The molecule has 3 aromatic heterocycles. The van der Waals surface area contributed by atoms with Gasteiger partial charge in [-0.05, 0) is 12.1 Å². The molecule has 29 heavy (non-hydrogen) atoms. The molecule has 2 amide bonds. The molecule has 0 saturated carbocycles. The first-order chi connectivity index (χ1) is 13.9. The summed E-state index contributed by atoms with van der Waals surface area (Å²) in [7, 11) is 0. The van der Waals surface area contributed by atoms with E-state index in [9.17, 15) is 4.79 Å². The first-order valence-electron chi connectivity index (χ1n) is 9.60. The second-order valence-corrected chi connectivity index (χ2v) is 8.10. The van der Waals surface area contributed by atoms with E-state index in [0.717, 1.165) is 28.5 Å². The van der Waals surface area contributed by atoms with Gasteiger partial charge in [-0.25, -0.2) is 19.7 Å². The van der Waals surface area contributed by atoms with Gasteiger partial charge in [-0.15, -0.1) is 0 Å². The second kappa shape index (κ2) is 7.57. The summed E-state index contributed by atoms with van der Waals surface area (Å²) in [5, 5.41) is 10.1. The van der Waals surface area contributed by atoms with Crippen molar-refractivity contribution in [1.82, 2.24) is 40.3 Å². The predicted octanol–water partition coefficient (Wildman–Crippen LogP) is 2.22. The van der Waals surface area contributed by atoms with E-state index in [4.69, 9.17) is 0 Å². The highest BCUT2D eigenvalue weighted by Crippen LogP contribution is 2.24. The Bertz CT molecular complexity index is 1010. The van der Waals surface area contributed by atoms with Gasteiger partial charge in [-0.2, -0.15) is 5.10 Å². The summed E-state index contributed by atoms with van der Waals surface area (Å²) in [5.41, 5.74) is 2.67. The van der Waals surface area contributed by atoms with Gasteiger partial charge in [0.15, 0.2) is 5.82 Å². The first kappa shape index (κ1) is 19.0. The zero-order valence-corrected chi connectivity index (χ0v) is 16.8. The summed E-state index contributed by atoms with van der Waals surface area (Å²) < 4.78 is 0. The predicted molar refractivity (Wildman–Crippen MR) is 107 cm³/mol. The van der Waals surface area contributed by atoms with Gasteiger partial charge in [-0.1, -0.05) is 20.8 Å². The van der Waals surface area contributed by atoms with Crippen LogP contribution in [0.4, 0.5) is 4.79 Å². The number of carbonyl (C=O) groups is 1. The molecule has 150 valence electrons. The largest absolute Gasteiger partial charge is 0.338 e. The van der Waals surface area contributed by atoms with E-state index in [-0.39, 0.29) is 11.4 Å². The average Bonchev–Trinajstić information content (AvgIpc) is 3.34. The van der Waals surface area contributed by atoms with Crippen molar-refractivity contribution >= 4 is 6.03 Å². The third-order valence-electron chi connectivity index (χ3n) is 4.70. The van der Waals surface area contributed by atoms with Crippen LogP contribution in [0.25, 0.3) is 11.4 Å². The number of aromatic amines is 1. The van der Waals surface area contributed by atoms with Crippen LogP contribution >= 0.6 is 0 Å². The third-order valence-corrected chi connectivity index (χ3v) is 4.70. The summed E-state index contributed by atoms with van der Waals surface area (Å²) in [6, 6.07) is 3.63. The maximum atomic E-state index is 12.5. The van der Waals surface area contributed by atoms with Crippen molar-refractivity contribution in [2.24, 2.45) is 0 Å². The summed E-state index contributed by atoms with van der Waals surface area (Å²) in [4.78, 5) is 31.9. The Labute approximate surface area is 169 Å². The monoisotopic (exact) mass is 392 g/mol. The molecule has 0 unspecified atom stereocenters. The number of hydrogen-bond donors (Lipinski definition) is 2. The third kappa shape index (κ3) is 4.23. The van der Waals surface area contributed by atoms with E-state index < -0.39 is 0 Å². The van der Waals surface area contributed by atoms with E-state index in [1.807, 2.05) is 18.3 Å². The molecule has 1 aliphatic rings. The Kier molecular flexibility index (Phi) is 4.96. The number of amides is 2. The molecule has 9 heteroatoms.